The second-order valence-electron chi connectivity index (χ2n) is 6.77. The predicted molar refractivity (Wildman–Crippen MR) is 106 cm³/mol. The van der Waals surface area contributed by atoms with E-state index in [1.165, 1.54) is 24.6 Å². The topological polar surface area (TPSA) is 72.5 Å². The smallest absolute Gasteiger partial charge is 0.262 e. The Bertz CT molecular complexity index is 1030. The lowest BCUT2D eigenvalue weighted by atomic mass is 10.2. The van der Waals surface area contributed by atoms with Crippen LogP contribution in [0.2, 0.25) is 0 Å². The van der Waals surface area contributed by atoms with Crippen LogP contribution >= 0.6 is 11.8 Å². The molecule has 1 aromatic carbocycles. The van der Waals surface area contributed by atoms with Gasteiger partial charge in [0.25, 0.3) is 5.56 Å². The van der Waals surface area contributed by atoms with Crippen LogP contribution in [0.15, 0.2) is 34.2 Å². The summed E-state index contributed by atoms with van der Waals surface area (Å²) in [6.45, 7) is 4.12. The highest BCUT2D eigenvalue weighted by Crippen LogP contribution is 2.22. The zero-order chi connectivity index (χ0) is 18.8. The third-order valence-electron chi connectivity index (χ3n) is 5.08. The third kappa shape index (κ3) is 3.34. The molecule has 142 valence electrons. The molecule has 0 saturated carbocycles. The van der Waals surface area contributed by atoms with E-state index in [-0.39, 0.29) is 11.5 Å². The monoisotopic (exact) mass is 385 g/mol. The summed E-state index contributed by atoms with van der Waals surface area (Å²) in [6, 6.07) is 7.47. The van der Waals surface area contributed by atoms with Gasteiger partial charge in [-0.3, -0.25) is 18.6 Å². The van der Waals surface area contributed by atoms with Crippen molar-refractivity contribution in [2.75, 3.05) is 18.8 Å². The van der Waals surface area contributed by atoms with Crippen LogP contribution in [-0.2, 0) is 11.3 Å². The van der Waals surface area contributed by atoms with Gasteiger partial charge in [0.05, 0.1) is 16.7 Å². The number of likely N-dealkylation sites (tertiary alicyclic amines) is 1. The number of rotatable bonds is 4. The van der Waals surface area contributed by atoms with Gasteiger partial charge >= 0.3 is 0 Å². The second kappa shape index (κ2) is 7.72. The van der Waals surface area contributed by atoms with Crippen molar-refractivity contribution in [2.24, 2.45) is 0 Å². The van der Waals surface area contributed by atoms with E-state index in [0.717, 1.165) is 31.4 Å². The number of carbonyl (C=O) groups is 1. The lowest BCUT2D eigenvalue weighted by Crippen LogP contribution is -2.33. The van der Waals surface area contributed by atoms with E-state index in [0.29, 0.717) is 28.6 Å². The van der Waals surface area contributed by atoms with Crippen LogP contribution in [0, 0.1) is 0 Å². The quantitative estimate of drug-likeness (QED) is 0.646. The van der Waals surface area contributed by atoms with Gasteiger partial charge in [-0.2, -0.15) is 0 Å². The zero-order valence-electron chi connectivity index (χ0n) is 15.4. The highest BCUT2D eigenvalue weighted by atomic mass is 32.2. The summed E-state index contributed by atoms with van der Waals surface area (Å²) in [5, 5.41) is 9.79. The first-order valence-corrected chi connectivity index (χ1v) is 10.5. The van der Waals surface area contributed by atoms with Gasteiger partial charge in [-0.05, 0) is 31.9 Å². The number of aromatic nitrogens is 4. The Kier molecular flexibility index (Phi) is 5.15. The van der Waals surface area contributed by atoms with E-state index in [1.54, 1.807) is 4.57 Å². The Morgan fingerprint density at radius 2 is 1.85 bits per heavy atom. The number of nitrogens with zero attached hydrogens (tertiary/aromatic N) is 5. The third-order valence-corrected chi connectivity index (χ3v) is 5.99. The van der Waals surface area contributed by atoms with E-state index in [9.17, 15) is 9.59 Å². The first kappa shape index (κ1) is 18.0. The lowest BCUT2D eigenvalue weighted by Gasteiger charge is -2.19. The summed E-state index contributed by atoms with van der Waals surface area (Å²) >= 11 is 1.39. The SMILES string of the molecule is CCn1c(=O)c2ccccc2n2c(SCC(=O)N3CCCCCC3)nnc12. The summed E-state index contributed by atoms with van der Waals surface area (Å²) in [6.07, 6.45) is 4.56. The van der Waals surface area contributed by atoms with Crippen LogP contribution in [0.25, 0.3) is 16.7 Å². The molecule has 0 N–H and O–H groups in total. The molecule has 1 amide bonds. The van der Waals surface area contributed by atoms with Gasteiger partial charge in [0, 0.05) is 19.6 Å². The predicted octanol–water partition coefficient (Wildman–Crippen LogP) is 2.56. The number of hydrogen-bond donors (Lipinski definition) is 0. The van der Waals surface area contributed by atoms with Crippen molar-refractivity contribution in [2.45, 2.75) is 44.3 Å². The Morgan fingerprint density at radius 1 is 1.11 bits per heavy atom. The van der Waals surface area contributed by atoms with Crippen molar-refractivity contribution in [1.29, 1.82) is 0 Å². The molecule has 1 aliphatic heterocycles. The number of amides is 1. The summed E-state index contributed by atoms with van der Waals surface area (Å²) in [4.78, 5) is 27.3. The molecule has 0 aliphatic carbocycles. The molecular formula is C19H23N5O2S. The number of thioether (sulfide) groups is 1. The summed E-state index contributed by atoms with van der Waals surface area (Å²) in [5.41, 5.74) is 0.710. The van der Waals surface area contributed by atoms with Crippen molar-refractivity contribution in [3.63, 3.8) is 0 Å². The Hall–Kier alpha value is -2.35. The molecule has 3 heterocycles. The van der Waals surface area contributed by atoms with Crippen molar-refractivity contribution in [1.82, 2.24) is 24.1 Å². The average molecular weight is 385 g/mol. The fourth-order valence-electron chi connectivity index (χ4n) is 3.65. The van der Waals surface area contributed by atoms with E-state index in [1.807, 2.05) is 40.5 Å². The molecule has 3 aromatic rings. The van der Waals surface area contributed by atoms with E-state index in [2.05, 4.69) is 10.2 Å². The minimum absolute atomic E-state index is 0.0646. The van der Waals surface area contributed by atoms with Gasteiger partial charge in [-0.15, -0.1) is 10.2 Å². The maximum atomic E-state index is 12.7. The van der Waals surface area contributed by atoms with Gasteiger partial charge in [-0.1, -0.05) is 36.7 Å². The molecule has 0 unspecified atom stereocenters. The number of aryl methyl sites for hydroxylation is 1. The molecule has 0 spiro atoms. The van der Waals surface area contributed by atoms with E-state index >= 15 is 0 Å². The normalized spacial score (nSPS) is 15.4. The standard InChI is InChI=1S/C19H23N5O2S/c1-2-23-17(26)14-9-5-6-10-15(14)24-18(23)20-21-19(24)27-13-16(25)22-11-7-3-4-8-12-22/h5-6,9-10H,2-4,7-8,11-13H2,1H3. The first-order valence-electron chi connectivity index (χ1n) is 9.48. The van der Waals surface area contributed by atoms with E-state index < -0.39 is 0 Å². The highest BCUT2D eigenvalue weighted by Gasteiger charge is 2.19. The first-order chi connectivity index (χ1) is 13.2. The van der Waals surface area contributed by atoms with Crippen molar-refractivity contribution < 1.29 is 4.79 Å². The summed E-state index contributed by atoms with van der Waals surface area (Å²) < 4.78 is 3.51. The molecule has 1 fully saturated rings. The Labute approximate surface area is 161 Å². The average Bonchev–Trinajstić information content (AvgIpc) is 2.92. The minimum atomic E-state index is -0.0646. The molecule has 7 nitrogen and oxygen atoms in total. The van der Waals surface area contributed by atoms with Crippen LogP contribution in [0.4, 0.5) is 0 Å². The molecule has 1 aliphatic rings. The van der Waals surface area contributed by atoms with Gasteiger partial charge in [0.1, 0.15) is 0 Å². The summed E-state index contributed by atoms with van der Waals surface area (Å²) in [5.74, 6) is 0.998. The van der Waals surface area contributed by atoms with Crippen molar-refractivity contribution >= 4 is 34.3 Å². The number of hydrogen-bond acceptors (Lipinski definition) is 5. The molecule has 0 atom stereocenters. The lowest BCUT2D eigenvalue weighted by molar-refractivity contribution is -0.128. The summed E-state index contributed by atoms with van der Waals surface area (Å²) in [7, 11) is 0. The largest absolute Gasteiger partial charge is 0.342 e. The fraction of sp³-hybridized carbons (Fsp3) is 0.474. The number of benzene rings is 1. The van der Waals surface area contributed by atoms with Gasteiger partial charge < -0.3 is 4.90 Å². The molecule has 0 radical (unpaired) electrons. The number of carbonyl (C=O) groups excluding carboxylic acids is 1. The maximum Gasteiger partial charge on any atom is 0.262 e. The molecular weight excluding hydrogens is 362 g/mol. The number of para-hydroxylation sites is 1. The van der Waals surface area contributed by atoms with Crippen molar-refractivity contribution in [3.05, 3.63) is 34.6 Å². The number of fused-ring (bicyclic) bond motifs is 3. The van der Waals surface area contributed by atoms with Gasteiger partial charge in [0.15, 0.2) is 5.16 Å². The maximum absolute atomic E-state index is 12.7. The van der Waals surface area contributed by atoms with E-state index in [4.69, 9.17) is 0 Å². The molecule has 0 bridgehead atoms. The molecule has 1 saturated heterocycles. The van der Waals surface area contributed by atoms with Crippen LogP contribution in [0.5, 0.6) is 0 Å². The van der Waals surface area contributed by atoms with Crippen LogP contribution in [0.3, 0.4) is 0 Å². The second-order valence-corrected chi connectivity index (χ2v) is 7.71. The molecule has 27 heavy (non-hydrogen) atoms. The Morgan fingerprint density at radius 3 is 2.59 bits per heavy atom. The zero-order valence-corrected chi connectivity index (χ0v) is 16.2. The molecule has 8 heteroatoms. The Balaban J connectivity index is 1.67. The minimum Gasteiger partial charge on any atom is -0.342 e. The highest BCUT2D eigenvalue weighted by molar-refractivity contribution is 7.99. The van der Waals surface area contributed by atoms with Crippen molar-refractivity contribution in [3.8, 4) is 0 Å². The molecule has 4 rings (SSSR count). The van der Waals surface area contributed by atoms with Gasteiger partial charge in [0.2, 0.25) is 11.7 Å². The fourth-order valence-corrected chi connectivity index (χ4v) is 4.49. The van der Waals surface area contributed by atoms with Gasteiger partial charge in [-0.25, -0.2) is 0 Å². The van der Waals surface area contributed by atoms with Crippen LogP contribution in [-0.4, -0.2) is 48.8 Å². The van der Waals surface area contributed by atoms with Crippen LogP contribution in [0.1, 0.15) is 32.6 Å². The van der Waals surface area contributed by atoms with Crippen LogP contribution < -0.4 is 5.56 Å². The molecule has 2 aromatic heterocycles.